The fraction of sp³-hybridized carbons (Fsp3) is 0.467. The summed E-state index contributed by atoms with van der Waals surface area (Å²) in [6.07, 6.45) is -1.90. The maximum Gasteiger partial charge on any atom is 0.409 e. The molecule has 0 aliphatic rings. The van der Waals surface area contributed by atoms with Gasteiger partial charge in [0.15, 0.2) is 0 Å². The summed E-state index contributed by atoms with van der Waals surface area (Å²) in [5.74, 6) is -6.24. The normalized spacial score (nSPS) is 13.8. The lowest BCUT2D eigenvalue weighted by Crippen LogP contribution is -2.63. The van der Waals surface area contributed by atoms with Gasteiger partial charge in [0.25, 0.3) is 0 Å². The molecule has 0 radical (unpaired) electrons. The average Bonchev–Trinajstić information content (AvgIpc) is 2.53. The molecule has 1 atom stereocenters. The summed E-state index contributed by atoms with van der Waals surface area (Å²) in [4.78, 5) is 22.9. The molecule has 1 amide bonds. The van der Waals surface area contributed by atoms with Gasteiger partial charge in [-0.3, -0.25) is 5.32 Å². The summed E-state index contributed by atoms with van der Waals surface area (Å²) in [5, 5.41) is 11.6. The van der Waals surface area contributed by atoms with Gasteiger partial charge in [0.2, 0.25) is 5.72 Å². The molecule has 1 aromatic carbocycles. The number of halogens is 2. The quantitative estimate of drug-likeness (QED) is 0.591. The van der Waals surface area contributed by atoms with E-state index in [2.05, 4.69) is 4.74 Å². The fourth-order valence-corrected chi connectivity index (χ4v) is 1.71. The Morgan fingerprint density at radius 3 is 2.30 bits per heavy atom. The molecule has 0 aliphatic carbocycles. The first-order valence-corrected chi connectivity index (χ1v) is 7.03. The van der Waals surface area contributed by atoms with E-state index in [1.165, 1.54) is 13.8 Å². The number of hydrogen-bond donors (Lipinski definition) is 2. The zero-order valence-electron chi connectivity index (χ0n) is 12.8. The Bertz CT molecular complexity index is 538. The van der Waals surface area contributed by atoms with Crippen LogP contribution < -0.4 is 5.32 Å². The van der Waals surface area contributed by atoms with Gasteiger partial charge in [-0.15, -0.1) is 0 Å². The third kappa shape index (κ3) is 4.62. The average molecular weight is 331 g/mol. The van der Waals surface area contributed by atoms with Gasteiger partial charge in [0.1, 0.15) is 6.61 Å². The Balaban J connectivity index is 2.73. The number of carbonyl (C=O) groups excluding carboxylic acids is 2. The Kier molecular flexibility index (Phi) is 6.44. The predicted octanol–water partition coefficient (Wildman–Crippen LogP) is 2.21. The van der Waals surface area contributed by atoms with Gasteiger partial charge >= 0.3 is 18.0 Å². The lowest BCUT2D eigenvalue weighted by molar-refractivity contribution is -0.220. The minimum absolute atomic E-state index is 0.169. The molecule has 0 spiro atoms. The number of ether oxygens (including phenoxy) is 2. The van der Waals surface area contributed by atoms with Gasteiger partial charge < -0.3 is 14.6 Å². The Morgan fingerprint density at radius 2 is 1.78 bits per heavy atom. The number of benzene rings is 1. The minimum Gasteiger partial charge on any atom is -0.461 e. The largest absolute Gasteiger partial charge is 0.461 e. The summed E-state index contributed by atoms with van der Waals surface area (Å²) < 4.78 is 37.0. The van der Waals surface area contributed by atoms with Crippen LogP contribution in [0, 0.1) is 0 Å². The van der Waals surface area contributed by atoms with Gasteiger partial charge in [-0.1, -0.05) is 37.3 Å². The molecule has 6 nitrogen and oxygen atoms in total. The van der Waals surface area contributed by atoms with E-state index >= 15 is 0 Å². The van der Waals surface area contributed by atoms with Gasteiger partial charge in [0.05, 0.1) is 6.61 Å². The Labute approximate surface area is 132 Å². The highest BCUT2D eigenvalue weighted by atomic mass is 19.3. The second-order valence-electron chi connectivity index (χ2n) is 4.70. The second-order valence-corrected chi connectivity index (χ2v) is 4.70. The van der Waals surface area contributed by atoms with Crippen LogP contribution >= 0.6 is 0 Å². The molecule has 1 aromatic rings. The molecule has 0 saturated carbocycles. The molecule has 0 bridgehead atoms. The van der Waals surface area contributed by atoms with E-state index in [0.717, 1.165) is 0 Å². The van der Waals surface area contributed by atoms with E-state index in [4.69, 9.17) is 4.74 Å². The standard InChI is InChI=1S/C15H19F2NO5/c1-3-14(21,15(16,17)12(19)22-4-2)18-13(20)23-10-11-8-6-5-7-9-11/h5-9,21H,3-4,10H2,1-2H3,(H,18,20). The van der Waals surface area contributed by atoms with Crippen molar-refractivity contribution in [2.24, 2.45) is 0 Å². The molecule has 0 aliphatic heterocycles. The molecule has 128 valence electrons. The molecule has 2 N–H and O–H groups in total. The molecule has 1 unspecified atom stereocenters. The lowest BCUT2D eigenvalue weighted by Gasteiger charge is -2.33. The molecule has 0 fully saturated rings. The van der Waals surface area contributed by atoms with E-state index in [0.29, 0.717) is 5.56 Å². The summed E-state index contributed by atoms with van der Waals surface area (Å²) >= 11 is 0. The van der Waals surface area contributed by atoms with Crippen molar-refractivity contribution >= 4 is 12.1 Å². The van der Waals surface area contributed by atoms with Crippen LogP contribution in [0.2, 0.25) is 0 Å². The topological polar surface area (TPSA) is 84.9 Å². The van der Waals surface area contributed by atoms with Crippen molar-refractivity contribution < 1.29 is 33.0 Å². The van der Waals surface area contributed by atoms with E-state index in [9.17, 15) is 23.5 Å². The highest BCUT2D eigenvalue weighted by molar-refractivity contribution is 5.80. The third-order valence-electron chi connectivity index (χ3n) is 3.08. The van der Waals surface area contributed by atoms with Crippen molar-refractivity contribution in [1.82, 2.24) is 5.32 Å². The molecular formula is C15H19F2NO5. The zero-order valence-corrected chi connectivity index (χ0v) is 12.8. The van der Waals surface area contributed by atoms with Gasteiger partial charge in [0, 0.05) is 0 Å². The van der Waals surface area contributed by atoms with Gasteiger partial charge in [-0.25, -0.2) is 9.59 Å². The number of rotatable bonds is 7. The van der Waals surface area contributed by atoms with Gasteiger partial charge in [-0.05, 0) is 18.9 Å². The first kappa shape index (κ1) is 18.8. The predicted molar refractivity (Wildman–Crippen MR) is 76.6 cm³/mol. The number of nitrogens with one attached hydrogen (secondary N) is 1. The smallest absolute Gasteiger partial charge is 0.409 e. The zero-order chi connectivity index (χ0) is 17.5. The highest BCUT2D eigenvalue weighted by Gasteiger charge is 2.60. The minimum atomic E-state index is -4.32. The molecule has 0 saturated heterocycles. The Morgan fingerprint density at radius 1 is 1.17 bits per heavy atom. The molecule has 8 heteroatoms. The molecule has 1 rings (SSSR count). The number of alkyl halides is 2. The first-order valence-electron chi connectivity index (χ1n) is 7.03. The van der Waals surface area contributed by atoms with Crippen LogP contribution in [0.25, 0.3) is 0 Å². The van der Waals surface area contributed by atoms with E-state index in [1.807, 2.05) is 0 Å². The second kappa shape index (κ2) is 7.87. The van der Waals surface area contributed by atoms with Crippen LogP contribution in [-0.2, 0) is 20.9 Å². The van der Waals surface area contributed by atoms with E-state index in [1.54, 1.807) is 35.6 Å². The molecule has 0 heterocycles. The highest BCUT2D eigenvalue weighted by Crippen LogP contribution is 2.31. The Hall–Kier alpha value is -2.22. The molecule has 23 heavy (non-hydrogen) atoms. The maximum absolute atomic E-state index is 14.0. The number of amides is 1. The van der Waals surface area contributed by atoms with Crippen LogP contribution in [0.3, 0.4) is 0 Å². The fourth-order valence-electron chi connectivity index (χ4n) is 1.71. The van der Waals surface area contributed by atoms with Crippen LogP contribution in [0.1, 0.15) is 25.8 Å². The summed E-state index contributed by atoms with van der Waals surface area (Å²) in [5.41, 5.74) is -2.47. The lowest BCUT2D eigenvalue weighted by atomic mass is 10.0. The number of hydrogen-bond acceptors (Lipinski definition) is 5. The van der Waals surface area contributed by atoms with Crippen molar-refractivity contribution in [2.75, 3.05) is 6.61 Å². The van der Waals surface area contributed by atoms with Crippen molar-refractivity contribution in [2.45, 2.75) is 38.5 Å². The van der Waals surface area contributed by atoms with Crippen molar-refractivity contribution in [1.29, 1.82) is 0 Å². The number of carbonyl (C=O) groups is 2. The van der Waals surface area contributed by atoms with Crippen LogP contribution in [0.15, 0.2) is 30.3 Å². The summed E-state index contributed by atoms with van der Waals surface area (Å²) in [6, 6.07) is 8.54. The third-order valence-corrected chi connectivity index (χ3v) is 3.08. The van der Waals surface area contributed by atoms with Crippen LogP contribution in [-0.4, -0.2) is 35.4 Å². The maximum atomic E-state index is 14.0. The number of esters is 1. The van der Waals surface area contributed by atoms with Crippen molar-refractivity contribution in [3.05, 3.63) is 35.9 Å². The monoisotopic (exact) mass is 331 g/mol. The molecular weight excluding hydrogens is 312 g/mol. The van der Waals surface area contributed by atoms with Crippen LogP contribution in [0.5, 0.6) is 0 Å². The number of alkyl carbamates (subject to hydrolysis) is 1. The van der Waals surface area contributed by atoms with Crippen molar-refractivity contribution in [3.8, 4) is 0 Å². The van der Waals surface area contributed by atoms with E-state index in [-0.39, 0.29) is 13.2 Å². The number of aliphatic hydroxyl groups is 1. The van der Waals surface area contributed by atoms with Crippen molar-refractivity contribution in [3.63, 3.8) is 0 Å². The summed E-state index contributed by atoms with van der Waals surface area (Å²) in [7, 11) is 0. The van der Waals surface area contributed by atoms with E-state index < -0.39 is 30.1 Å². The first-order chi connectivity index (χ1) is 10.8. The van der Waals surface area contributed by atoms with Crippen LogP contribution in [0.4, 0.5) is 13.6 Å². The van der Waals surface area contributed by atoms with Gasteiger partial charge in [-0.2, -0.15) is 8.78 Å². The SMILES string of the molecule is CCOC(=O)C(F)(F)C(O)(CC)NC(=O)OCc1ccccc1. The molecule has 0 aromatic heterocycles. The summed E-state index contributed by atoms with van der Waals surface area (Å²) in [6.45, 7) is 2.08.